The summed E-state index contributed by atoms with van der Waals surface area (Å²) in [6, 6.07) is 9.31. The second-order valence-corrected chi connectivity index (χ2v) is 10.0. The minimum Gasteiger partial charge on any atom is -0.353 e. The summed E-state index contributed by atoms with van der Waals surface area (Å²) in [6.45, 7) is 10.8. The van der Waals surface area contributed by atoms with Crippen molar-refractivity contribution in [2.45, 2.75) is 89.4 Å². The van der Waals surface area contributed by atoms with Gasteiger partial charge >= 0.3 is 0 Å². The zero-order valence-electron chi connectivity index (χ0n) is 18.4. The molecule has 29 heavy (non-hydrogen) atoms. The molecule has 1 heterocycles. The number of rotatable bonds is 7. The molecular formula is C23H34N4OS. The average molecular weight is 415 g/mol. The minimum absolute atomic E-state index is 0.0569. The SMILES string of the molecule is CC[C@@H](C)NC(=O)CSc1nnc(-c2ccc(C(C)(C)C)cc2)n1C1CCCC1. The van der Waals surface area contributed by atoms with E-state index in [-0.39, 0.29) is 17.4 Å². The van der Waals surface area contributed by atoms with Crippen molar-refractivity contribution < 1.29 is 4.79 Å². The summed E-state index contributed by atoms with van der Waals surface area (Å²) >= 11 is 1.49. The van der Waals surface area contributed by atoms with E-state index in [9.17, 15) is 4.79 Å². The molecule has 158 valence electrons. The fraction of sp³-hybridized carbons (Fsp3) is 0.609. The van der Waals surface area contributed by atoms with Gasteiger partial charge in [0.05, 0.1) is 5.75 Å². The highest BCUT2D eigenvalue weighted by Crippen LogP contribution is 2.37. The van der Waals surface area contributed by atoms with Crippen LogP contribution in [0.3, 0.4) is 0 Å². The number of carbonyl (C=O) groups excluding carboxylic acids is 1. The maximum atomic E-state index is 12.2. The van der Waals surface area contributed by atoms with Crippen molar-refractivity contribution in [3.8, 4) is 11.4 Å². The van der Waals surface area contributed by atoms with E-state index in [1.54, 1.807) is 0 Å². The topological polar surface area (TPSA) is 59.8 Å². The van der Waals surface area contributed by atoms with Gasteiger partial charge in [0.2, 0.25) is 5.91 Å². The van der Waals surface area contributed by atoms with Gasteiger partial charge in [-0.15, -0.1) is 10.2 Å². The third kappa shape index (κ3) is 5.41. The Bertz CT molecular complexity index is 816. The van der Waals surface area contributed by atoms with E-state index in [0.29, 0.717) is 11.8 Å². The van der Waals surface area contributed by atoms with Crippen LogP contribution in [0.2, 0.25) is 0 Å². The van der Waals surface area contributed by atoms with Gasteiger partial charge in [-0.05, 0) is 37.2 Å². The van der Waals surface area contributed by atoms with Crippen LogP contribution in [0.15, 0.2) is 29.4 Å². The van der Waals surface area contributed by atoms with Crippen LogP contribution in [-0.2, 0) is 10.2 Å². The van der Waals surface area contributed by atoms with Crippen LogP contribution in [0.1, 0.15) is 78.3 Å². The second kappa shape index (κ2) is 9.33. The Balaban J connectivity index is 1.83. The van der Waals surface area contributed by atoms with Gasteiger partial charge in [-0.25, -0.2) is 0 Å². The molecule has 1 atom stereocenters. The molecule has 2 aromatic rings. The number of nitrogens with one attached hydrogen (secondary N) is 1. The molecule has 0 spiro atoms. The Morgan fingerprint density at radius 1 is 1.21 bits per heavy atom. The van der Waals surface area contributed by atoms with E-state index >= 15 is 0 Å². The van der Waals surface area contributed by atoms with E-state index in [1.165, 1.54) is 30.2 Å². The van der Waals surface area contributed by atoms with Crippen molar-refractivity contribution in [2.24, 2.45) is 0 Å². The predicted molar refractivity (Wildman–Crippen MR) is 120 cm³/mol. The third-order valence-electron chi connectivity index (χ3n) is 5.72. The summed E-state index contributed by atoms with van der Waals surface area (Å²) in [6.07, 6.45) is 5.71. The molecule has 0 aliphatic heterocycles. The molecule has 0 bridgehead atoms. The highest BCUT2D eigenvalue weighted by Gasteiger charge is 2.25. The van der Waals surface area contributed by atoms with Gasteiger partial charge in [-0.1, -0.05) is 76.6 Å². The molecule has 0 unspecified atom stereocenters. The molecule has 6 heteroatoms. The van der Waals surface area contributed by atoms with E-state index in [2.05, 4.69) is 72.0 Å². The first-order chi connectivity index (χ1) is 13.8. The molecule has 1 N–H and O–H groups in total. The Morgan fingerprint density at radius 3 is 2.45 bits per heavy atom. The molecule has 1 saturated carbocycles. The van der Waals surface area contributed by atoms with Gasteiger partial charge in [0.1, 0.15) is 0 Å². The first kappa shape index (κ1) is 21.9. The van der Waals surface area contributed by atoms with E-state index < -0.39 is 0 Å². The zero-order valence-corrected chi connectivity index (χ0v) is 19.2. The summed E-state index contributed by atoms with van der Waals surface area (Å²) in [7, 11) is 0. The van der Waals surface area contributed by atoms with Crippen LogP contribution in [0, 0.1) is 0 Å². The van der Waals surface area contributed by atoms with E-state index in [4.69, 9.17) is 0 Å². The Hall–Kier alpha value is -1.82. The molecular weight excluding hydrogens is 380 g/mol. The van der Waals surface area contributed by atoms with Crippen molar-refractivity contribution >= 4 is 17.7 Å². The maximum Gasteiger partial charge on any atom is 0.230 e. The average Bonchev–Trinajstić information content (AvgIpc) is 3.35. The van der Waals surface area contributed by atoms with Gasteiger partial charge in [0, 0.05) is 17.6 Å². The summed E-state index contributed by atoms with van der Waals surface area (Å²) in [5.41, 5.74) is 2.53. The second-order valence-electron chi connectivity index (χ2n) is 9.11. The molecule has 0 saturated heterocycles. The number of aromatic nitrogens is 3. The monoisotopic (exact) mass is 414 g/mol. The highest BCUT2D eigenvalue weighted by molar-refractivity contribution is 7.99. The lowest BCUT2D eigenvalue weighted by atomic mass is 9.86. The van der Waals surface area contributed by atoms with Gasteiger partial charge in [0.25, 0.3) is 0 Å². The normalized spacial score (nSPS) is 16.2. The van der Waals surface area contributed by atoms with Crippen molar-refractivity contribution in [3.63, 3.8) is 0 Å². The number of hydrogen-bond acceptors (Lipinski definition) is 4. The smallest absolute Gasteiger partial charge is 0.230 e. The Labute approximate surface area is 179 Å². The summed E-state index contributed by atoms with van der Waals surface area (Å²) in [5.74, 6) is 1.35. The fourth-order valence-electron chi connectivity index (χ4n) is 3.73. The standard InChI is InChI=1S/C23H34N4OS/c1-6-16(2)24-20(28)15-29-22-26-25-21(27(22)19-9-7-8-10-19)17-11-13-18(14-12-17)23(3,4)5/h11-14,16,19H,6-10,15H2,1-5H3,(H,24,28)/t16-/m1/s1. The van der Waals surface area contributed by atoms with E-state index in [0.717, 1.165) is 35.8 Å². The number of hydrogen-bond donors (Lipinski definition) is 1. The summed E-state index contributed by atoms with van der Waals surface area (Å²) < 4.78 is 2.28. The van der Waals surface area contributed by atoms with Crippen LogP contribution in [0.25, 0.3) is 11.4 Å². The van der Waals surface area contributed by atoms with Crippen LogP contribution in [0.5, 0.6) is 0 Å². The molecule has 0 radical (unpaired) electrons. The molecule has 1 amide bonds. The largest absolute Gasteiger partial charge is 0.353 e. The van der Waals surface area contributed by atoms with Gasteiger partial charge in [0.15, 0.2) is 11.0 Å². The van der Waals surface area contributed by atoms with Crippen molar-refractivity contribution in [1.29, 1.82) is 0 Å². The molecule has 3 rings (SSSR count). The van der Waals surface area contributed by atoms with Gasteiger partial charge in [-0.2, -0.15) is 0 Å². The molecule has 1 fully saturated rings. The number of carbonyl (C=O) groups is 1. The first-order valence-electron chi connectivity index (χ1n) is 10.8. The molecule has 1 aliphatic carbocycles. The van der Waals surface area contributed by atoms with Crippen molar-refractivity contribution in [2.75, 3.05) is 5.75 Å². The van der Waals surface area contributed by atoms with Crippen LogP contribution in [-0.4, -0.2) is 32.5 Å². The fourth-order valence-corrected chi connectivity index (χ4v) is 4.55. The molecule has 5 nitrogen and oxygen atoms in total. The molecule has 1 aromatic carbocycles. The van der Waals surface area contributed by atoms with Crippen LogP contribution in [0.4, 0.5) is 0 Å². The quantitative estimate of drug-likeness (QED) is 0.619. The Morgan fingerprint density at radius 2 is 1.86 bits per heavy atom. The maximum absolute atomic E-state index is 12.2. The molecule has 1 aliphatic rings. The Kier molecular flexibility index (Phi) is 7.04. The summed E-state index contributed by atoms with van der Waals surface area (Å²) in [5, 5.41) is 12.9. The first-order valence-corrected chi connectivity index (χ1v) is 11.8. The van der Waals surface area contributed by atoms with Gasteiger partial charge in [-0.3, -0.25) is 9.36 Å². The number of amides is 1. The lowest BCUT2D eigenvalue weighted by Gasteiger charge is -2.20. The van der Waals surface area contributed by atoms with Gasteiger partial charge < -0.3 is 5.32 Å². The lowest BCUT2D eigenvalue weighted by Crippen LogP contribution is -2.33. The summed E-state index contributed by atoms with van der Waals surface area (Å²) in [4.78, 5) is 12.2. The zero-order chi connectivity index (χ0) is 21.0. The van der Waals surface area contributed by atoms with Crippen molar-refractivity contribution in [1.82, 2.24) is 20.1 Å². The van der Waals surface area contributed by atoms with Crippen molar-refractivity contribution in [3.05, 3.63) is 29.8 Å². The van der Waals surface area contributed by atoms with E-state index in [1.807, 2.05) is 6.92 Å². The number of thioether (sulfide) groups is 1. The predicted octanol–water partition coefficient (Wildman–Crippen LogP) is 5.36. The minimum atomic E-state index is 0.0569. The number of nitrogens with zero attached hydrogens (tertiary/aromatic N) is 3. The number of benzene rings is 1. The lowest BCUT2D eigenvalue weighted by molar-refractivity contribution is -0.119. The molecule has 1 aromatic heterocycles. The third-order valence-corrected chi connectivity index (χ3v) is 6.66. The highest BCUT2D eigenvalue weighted by atomic mass is 32.2. The van der Waals surface area contributed by atoms with Crippen LogP contribution < -0.4 is 5.32 Å². The van der Waals surface area contributed by atoms with Crippen LogP contribution >= 0.6 is 11.8 Å².